The van der Waals surface area contributed by atoms with Crippen molar-refractivity contribution in [3.8, 4) is 0 Å². The summed E-state index contributed by atoms with van der Waals surface area (Å²) in [6, 6.07) is 8.00. The van der Waals surface area contributed by atoms with Crippen LogP contribution in [0.3, 0.4) is 0 Å². The number of nitrogens with one attached hydrogen (secondary N) is 1. The molecule has 2 heterocycles. The maximum Gasteiger partial charge on any atom is 0.147 e. The van der Waals surface area contributed by atoms with E-state index in [4.69, 9.17) is 0 Å². The van der Waals surface area contributed by atoms with Crippen LogP contribution in [0.25, 0.3) is 11.0 Å². The Hall–Kier alpha value is -1.40. The number of aromatic nitrogens is 2. The van der Waals surface area contributed by atoms with Crippen LogP contribution >= 0.6 is 0 Å². The summed E-state index contributed by atoms with van der Waals surface area (Å²) in [5.74, 6) is 1.50. The van der Waals surface area contributed by atoms with Crippen LogP contribution < -0.4 is 0 Å². The molecule has 2 aromatic rings. The molecule has 0 saturated carbocycles. The van der Waals surface area contributed by atoms with Gasteiger partial charge in [0.05, 0.1) is 23.3 Å². The molecule has 1 aromatic carbocycles. The monoisotopic (exact) mass is 307 g/mol. The summed E-state index contributed by atoms with van der Waals surface area (Å²) in [5.41, 5.74) is 2.04. The van der Waals surface area contributed by atoms with Crippen molar-refractivity contribution >= 4 is 20.9 Å². The average molecular weight is 307 g/mol. The lowest BCUT2D eigenvalue weighted by Crippen LogP contribution is -2.37. The Morgan fingerprint density at radius 1 is 1.38 bits per heavy atom. The number of hydrogen-bond acceptors (Lipinski definition) is 4. The smallest absolute Gasteiger partial charge is 0.147 e. The molecule has 1 aliphatic rings. The summed E-state index contributed by atoms with van der Waals surface area (Å²) in [7, 11) is -2.89. The van der Waals surface area contributed by atoms with E-state index in [1.54, 1.807) is 0 Å². The second kappa shape index (κ2) is 5.77. The van der Waals surface area contributed by atoms with Crippen molar-refractivity contribution < 1.29 is 8.42 Å². The number of imidazole rings is 1. The summed E-state index contributed by atoms with van der Waals surface area (Å²) in [4.78, 5) is 10.2. The number of para-hydroxylation sites is 2. The van der Waals surface area contributed by atoms with Gasteiger partial charge in [0, 0.05) is 12.8 Å². The van der Waals surface area contributed by atoms with E-state index in [1.807, 2.05) is 24.3 Å². The predicted molar refractivity (Wildman–Crippen MR) is 83.8 cm³/mol. The second-order valence-electron chi connectivity index (χ2n) is 6.04. The molecule has 0 spiro atoms. The zero-order chi connectivity index (χ0) is 14.9. The van der Waals surface area contributed by atoms with E-state index in [-0.39, 0.29) is 5.92 Å². The number of fused-ring (bicyclic) bond motifs is 1. The van der Waals surface area contributed by atoms with Crippen molar-refractivity contribution in [1.82, 2.24) is 14.9 Å². The van der Waals surface area contributed by atoms with Crippen molar-refractivity contribution in [2.45, 2.75) is 19.4 Å². The molecular formula is C15H21N3O2S. The average Bonchev–Trinajstić information content (AvgIpc) is 2.79. The predicted octanol–water partition coefficient (Wildman–Crippen LogP) is 1.82. The number of nitrogens with zero attached hydrogens (tertiary/aromatic N) is 2. The normalized spacial score (nSPS) is 20.9. The van der Waals surface area contributed by atoms with Crippen LogP contribution in [0.4, 0.5) is 0 Å². The maximum atomic E-state index is 11.4. The van der Waals surface area contributed by atoms with Crippen molar-refractivity contribution in [2.24, 2.45) is 5.92 Å². The first-order valence-corrected chi connectivity index (χ1v) is 9.39. The van der Waals surface area contributed by atoms with Gasteiger partial charge in [0.2, 0.25) is 0 Å². The second-order valence-corrected chi connectivity index (χ2v) is 8.22. The molecule has 1 fully saturated rings. The van der Waals surface area contributed by atoms with Gasteiger partial charge in [-0.1, -0.05) is 12.1 Å². The minimum atomic E-state index is -2.89. The lowest BCUT2D eigenvalue weighted by molar-refractivity contribution is 0.174. The van der Waals surface area contributed by atoms with E-state index in [1.165, 1.54) is 6.26 Å². The fourth-order valence-corrected chi connectivity index (χ4v) is 4.28. The molecule has 0 radical (unpaired) electrons. The number of aromatic amines is 1. The summed E-state index contributed by atoms with van der Waals surface area (Å²) < 4.78 is 22.9. The van der Waals surface area contributed by atoms with Crippen molar-refractivity contribution in [3.05, 3.63) is 30.1 Å². The Bertz CT molecular complexity index is 690. The molecule has 5 nitrogen and oxygen atoms in total. The Balaban J connectivity index is 1.66. The number of H-pyrrole nitrogens is 1. The topological polar surface area (TPSA) is 66.1 Å². The van der Waals surface area contributed by atoms with Gasteiger partial charge in [-0.25, -0.2) is 13.4 Å². The van der Waals surface area contributed by atoms with Gasteiger partial charge in [0.1, 0.15) is 15.7 Å². The van der Waals surface area contributed by atoms with Gasteiger partial charge in [-0.2, -0.15) is 0 Å². The van der Waals surface area contributed by atoms with Crippen molar-refractivity contribution in [1.29, 1.82) is 0 Å². The molecule has 0 amide bonds. The third kappa shape index (κ3) is 3.83. The molecule has 1 saturated heterocycles. The molecule has 1 N–H and O–H groups in total. The first-order chi connectivity index (χ1) is 9.99. The molecule has 21 heavy (non-hydrogen) atoms. The van der Waals surface area contributed by atoms with Crippen LogP contribution in [-0.4, -0.2) is 48.4 Å². The standard InChI is InChI=1S/C15H21N3O2S/c1-21(19,20)11-12-5-4-8-18(9-12)10-15-16-13-6-2-3-7-14(13)17-15/h2-3,6-7,12H,4-5,8-11H2,1H3,(H,16,17). The number of benzene rings is 1. The lowest BCUT2D eigenvalue weighted by Gasteiger charge is -2.31. The number of rotatable bonds is 4. The van der Waals surface area contributed by atoms with Gasteiger partial charge < -0.3 is 4.98 Å². The summed E-state index contributed by atoms with van der Waals surface area (Å²) in [6.45, 7) is 2.61. The van der Waals surface area contributed by atoms with Crippen LogP contribution in [-0.2, 0) is 16.4 Å². The zero-order valence-corrected chi connectivity index (χ0v) is 13.1. The van der Waals surface area contributed by atoms with E-state index in [0.717, 1.165) is 49.3 Å². The molecule has 1 atom stereocenters. The van der Waals surface area contributed by atoms with Crippen LogP contribution in [0, 0.1) is 5.92 Å². The summed E-state index contributed by atoms with van der Waals surface area (Å²) in [5, 5.41) is 0. The minimum Gasteiger partial charge on any atom is -0.341 e. The maximum absolute atomic E-state index is 11.4. The molecule has 0 aliphatic carbocycles. The number of hydrogen-bond donors (Lipinski definition) is 1. The fourth-order valence-electron chi connectivity index (χ4n) is 3.15. The van der Waals surface area contributed by atoms with Gasteiger partial charge in [-0.05, 0) is 37.4 Å². The molecule has 114 valence electrons. The molecule has 6 heteroatoms. The van der Waals surface area contributed by atoms with E-state index in [9.17, 15) is 8.42 Å². The molecule has 3 rings (SSSR count). The van der Waals surface area contributed by atoms with Gasteiger partial charge in [0.25, 0.3) is 0 Å². The molecule has 1 unspecified atom stereocenters. The molecule has 1 aromatic heterocycles. The summed E-state index contributed by atoms with van der Waals surface area (Å²) >= 11 is 0. The first-order valence-electron chi connectivity index (χ1n) is 7.33. The minimum absolute atomic E-state index is 0.248. The van der Waals surface area contributed by atoms with Crippen LogP contribution in [0.1, 0.15) is 18.7 Å². The van der Waals surface area contributed by atoms with Gasteiger partial charge in [-0.15, -0.1) is 0 Å². The van der Waals surface area contributed by atoms with Gasteiger partial charge in [-0.3, -0.25) is 4.90 Å². The fraction of sp³-hybridized carbons (Fsp3) is 0.533. The Kier molecular flexibility index (Phi) is 3.99. The van der Waals surface area contributed by atoms with Gasteiger partial charge in [0.15, 0.2) is 0 Å². The largest absolute Gasteiger partial charge is 0.341 e. The number of piperidine rings is 1. The SMILES string of the molecule is CS(=O)(=O)CC1CCCN(Cc2nc3ccccc3[nH]2)C1. The number of sulfone groups is 1. The third-order valence-electron chi connectivity index (χ3n) is 3.95. The van der Waals surface area contributed by atoms with E-state index in [2.05, 4.69) is 14.9 Å². The third-order valence-corrected chi connectivity index (χ3v) is 5.03. The highest BCUT2D eigenvalue weighted by atomic mass is 32.2. The number of likely N-dealkylation sites (tertiary alicyclic amines) is 1. The van der Waals surface area contributed by atoms with E-state index < -0.39 is 9.84 Å². The Labute approximate surface area is 125 Å². The highest BCUT2D eigenvalue weighted by Gasteiger charge is 2.23. The summed E-state index contributed by atoms with van der Waals surface area (Å²) in [6.07, 6.45) is 3.38. The molecule has 0 bridgehead atoms. The van der Waals surface area contributed by atoms with Gasteiger partial charge >= 0.3 is 0 Å². The van der Waals surface area contributed by atoms with Crippen LogP contribution in [0.15, 0.2) is 24.3 Å². The Morgan fingerprint density at radius 2 is 2.19 bits per heavy atom. The molecular weight excluding hydrogens is 286 g/mol. The quantitative estimate of drug-likeness (QED) is 0.935. The van der Waals surface area contributed by atoms with Crippen molar-refractivity contribution in [3.63, 3.8) is 0 Å². The van der Waals surface area contributed by atoms with Crippen molar-refractivity contribution in [2.75, 3.05) is 25.1 Å². The van der Waals surface area contributed by atoms with Crippen LogP contribution in [0.5, 0.6) is 0 Å². The zero-order valence-electron chi connectivity index (χ0n) is 12.2. The highest BCUT2D eigenvalue weighted by molar-refractivity contribution is 7.90. The van der Waals surface area contributed by atoms with E-state index in [0.29, 0.717) is 5.75 Å². The lowest BCUT2D eigenvalue weighted by atomic mass is 10.0. The Morgan fingerprint density at radius 3 is 2.95 bits per heavy atom. The highest BCUT2D eigenvalue weighted by Crippen LogP contribution is 2.20. The first kappa shape index (κ1) is 14.5. The van der Waals surface area contributed by atoms with Crippen LogP contribution in [0.2, 0.25) is 0 Å². The van der Waals surface area contributed by atoms with E-state index >= 15 is 0 Å². The molecule has 1 aliphatic heterocycles.